The second-order valence-electron chi connectivity index (χ2n) is 6.41. The standard InChI is InChI=1S/C20H23NO2/c1-16-13-21(14-18-9-5-3-6-10-18)15-20(16,23-17(2)22)19-11-7-4-8-12-19/h3-12,16H,13-15H2,1-2H3. The van der Waals surface area contributed by atoms with Crippen molar-refractivity contribution in [1.29, 1.82) is 0 Å². The smallest absolute Gasteiger partial charge is 0.303 e. The molecule has 2 aromatic carbocycles. The van der Waals surface area contributed by atoms with Gasteiger partial charge in [-0.05, 0) is 11.1 Å². The molecule has 0 spiro atoms. The third-order valence-corrected chi connectivity index (χ3v) is 4.62. The van der Waals surface area contributed by atoms with Crippen molar-refractivity contribution < 1.29 is 9.53 Å². The van der Waals surface area contributed by atoms with Gasteiger partial charge < -0.3 is 4.74 Å². The van der Waals surface area contributed by atoms with Gasteiger partial charge in [0.1, 0.15) is 0 Å². The molecule has 120 valence electrons. The predicted molar refractivity (Wildman–Crippen MR) is 90.8 cm³/mol. The molecule has 3 heteroatoms. The van der Waals surface area contributed by atoms with E-state index in [4.69, 9.17) is 4.74 Å². The van der Waals surface area contributed by atoms with E-state index in [9.17, 15) is 4.79 Å². The summed E-state index contributed by atoms with van der Waals surface area (Å²) in [6.45, 7) is 6.18. The summed E-state index contributed by atoms with van der Waals surface area (Å²) >= 11 is 0. The Hall–Kier alpha value is -2.13. The van der Waals surface area contributed by atoms with Crippen molar-refractivity contribution in [3.05, 3.63) is 71.8 Å². The van der Waals surface area contributed by atoms with E-state index < -0.39 is 5.60 Å². The number of benzene rings is 2. The highest BCUT2D eigenvalue weighted by molar-refractivity contribution is 5.67. The van der Waals surface area contributed by atoms with Crippen molar-refractivity contribution in [1.82, 2.24) is 4.90 Å². The number of ether oxygens (including phenoxy) is 1. The first-order valence-electron chi connectivity index (χ1n) is 8.11. The van der Waals surface area contributed by atoms with Crippen LogP contribution in [0.2, 0.25) is 0 Å². The molecular weight excluding hydrogens is 286 g/mol. The molecule has 0 radical (unpaired) electrons. The molecule has 0 bridgehead atoms. The molecule has 0 saturated carbocycles. The van der Waals surface area contributed by atoms with Crippen molar-refractivity contribution in [2.24, 2.45) is 5.92 Å². The molecule has 1 heterocycles. The van der Waals surface area contributed by atoms with Gasteiger partial charge in [-0.3, -0.25) is 9.69 Å². The van der Waals surface area contributed by atoms with Crippen LogP contribution < -0.4 is 0 Å². The van der Waals surface area contributed by atoms with E-state index >= 15 is 0 Å². The number of carbonyl (C=O) groups is 1. The molecule has 0 aromatic heterocycles. The van der Waals surface area contributed by atoms with E-state index in [0.29, 0.717) is 0 Å². The number of carbonyl (C=O) groups excluding carboxylic acids is 1. The molecule has 3 rings (SSSR count). The Kier molecular flexibility index (Phi) is 4.49. The van der Waals surface area contributed by atoms with Crippen LogP contribution in [0, 0.1) is 5.92 Å². The van der Waals surface area contributed by atoms with Gasteiger partial charge in [0.25, 0.3) is 0 Å². The van der Waals surface area contributed by atoms with Gasteiger partial charge >= 0.3 is 5.97 Å². The van der Waals surface area contributed by atoms with Crippen LogP contribution in [-0.4, -0.2) is 24.0 Å². The van der Waals surface area contributed by atoms with E-state index in [1.807, 2.05) is 24.3 Å². The normalized spacial score (nSPS) is 24.5. The first kappa shape index (κ1) is 15.8. The molecular formula is C20H23NO2. The van der Waals surface area contributed by atoms with Crippen molar-refractivity contribution in [3.63, 3.8) is 0 Å². The zero-order valence-corrected chi connectivity index (χ0v) is 13.7. The third-order valence-electron chi connectivity index (χ3n) is 4.62. The quantitative estimate of drug-likeness (QED) is 0.808. The van der Waals surface area contributed by atoms with Crippen LogP contribution in [0.3, 0.4) is 0 Å². The number of hydrogen-bond donors (Lipinski definition) is 0. The lowest BCUT2D eigenvalue weighted by Crippen LogP contribution is -2.39. The average molecular weight is 309 g/mol. The highest BCUT2D eigenvalue weighted by Gasteiger charge is 2.48. The Morgan fingerprint density at radius 2 is 1.74 bits per heavy atom. The Labute approximate surface area is 137 Å². The lowest BCUT2D eigenvalue weighted by Gasteiger charge is -2.33. The molecule has 1 aliphatic heterocycles. The highest BCUT2D eigenvalue weighted by atomic mass is 16.6. The van der Waals surface area contributed by atoms with Crippen LogP contribution >= 0.6 is 0 Å². The summed E-state index contributed by atoms with van der Waals surface area (Å²) < 4.78 is 5.88. The summed E-state index contributed by atoms with van der Waals surface area (Å²) in [5.41, 5.74) is 1.81. The maximum Gasteiger partial charge on any atom is 0.303 e. The van der Waals surface area contributed by atoms with E-state index in [0.717, 1.165) is 25.2 Å². The van der Waals surface area contributed by atoms with Crippen molar-refractivity contribution in [3.8, 4) is 0 Å². The van der Waals surface area contributed by atoms with Crippen LogP contribution in [0.25, 0.3) is 0 Å². The van der Waals surface area contributed by atoms with E-state index in [2.05, 4.69) is 48.2 Å². The van der Waals surface area contributed by atoms with Crippen LogP contribution in [0.1, 0.15) is 25.0 Å². The summed E-state index contributed by atoms with van der Waals surface area (Å²) in [4.78, 5) is 14.1. The molecule has 0 aliphatic carbocycles. The maximum atomic E-state index is 11.7. The van der Waals surface area contributed by atoms with E-state index in [1.165, 1.54) is 12.5 Å². The van der Waals surface area contributed by atoms with Crippen LogP contribution in [0.5, 0.6) is 0 Å². The number of esters is 1. The van der Waals surface area contributed by atoms with Gasteiger partial charge in [-0.1, -0.05) is 67.6 Å². The van der Waals surface area contributed by atoms with E-state index in [-0.39, 0.29) is 11.9 Å². The lowest BCUT2D eigenvalue weighted by atomic mass is 9.85. The third kappa shape index (κ3) is 3.30. The van der Waals surface area contributed by atoms with Crippen molar-refractivity contribution >= 4 is 5.97 Å². The molecule has 1 saturated heterocycles. The number of rotatable bonds is 4. The summed E-state index contributed by atoms with van der Waals surface area (Å²) in [5.74, 6) is 0.0276. The minimum atomic E-state index is -0.554. The van der Waals surface area contributed by atoms with Gasteiger partial charge in [-0.2, -0.15) is 0 Å². The van der Waals surface area contributed by atoms with Gasteiger partial charge in [0, 0.05) is 32.5 Å². The van der Waals surface area contributed by atoms with E-state index in [1.54, 1.807) is 0 Å². The molecule has 3 nitrogen and oxygen atoms in total. The highest BCUT2D eigenvalue weighted by Crippen LogP contribution is 2.41. The van der Waals surface area contributed by atoms with Crippen molar-refractivity contribution in [2.75, 3.05) is 13.1 Å². The van der Waals surface area contributed by atoms with Gasteiger partial charge in [0.05, 0.1) is 0 Å². The lowest BCUT2D eigenvalue weighted by molar-refractivity contribution is -0.161. The van der Waals surface area contributed by atoms with Gasteiger partial charge in [-0.25, -0.2) is 0 Å². The fourth-order valence-corrected chi connectivity index (χ4v) is 3.59. The number of nitrogens with zero attached hydrogens (tertiary/aromatic N) is 1. The zero-order chi connectivity index (χ0) is 16.3. The Morgan fingerprint density at radius 1 is 1.13 bits per heavy atom. The fraction of sp³-hybridized carbons (Fsp3) is 0.350. The summed E-state index contributed by atoms with van der Waals surface area (Å²) in [6.07, 6.45) is 0. The molecule has 23 heavy (non-hydrogen) atoms. The van der Waals surface area contributed by atoms with Crippen LogP contribution in [0.15, 0.2) is 60.7 Å². The average Bonchev–Trinajstić information content (AvgIpc) is 2.85. The molecule has 1 fully saturated rings. The summed E-state index contributed by atoms with van der Waals surface area (Å²) in [5, 5.41) is 0. The predicted octanol–water partition coefficient (Wildman–Crippen LogP) is 3.60. The second kappa shape index (κ2) is 6.55. The topological polar surface area (TPSA) is 29.5 Å². The summed E-state index contributed by atoms with van der Waals surface area (Å²) in [6, 6.07) is 20.6. The Morgan fingerprint density at radius 3 is 2.35 bits per heavy atom. The first-order valence-corrected chi connectivity index (χ1v) is 8.11. The van der Waals surface area contributed by atoms with Crippen LogP contribution in [0.4, 0.5) is 0 Å². The molecule has 0 N–H and O–H groups in total. The first-order chi connectivity index (χ1) is 11.1. The van der Waals surface area contributed by atoms with Gasteiger partial charge in [-0.15, -0.1) is 0 Å². The zero-order valence-electron chi connectivity index (χ0n) is 13.7. The second-order valence-corrected chi connectivity index (χ2v) is 6.41. The molecule has 2 atom stereocenters. The largest absolute Gasteiger partial charge is 0.453 e. The molecule has 2 unspecified atom stereocenters. The SMILES string of the molecule is CC(=O)OC1(c2ccccc2)CN(Cc2ccccc2)CC1C. The Bertz CT molecular complexity index is 656. The van der Waals surface area contributed by atoms with Gasteiger partial charge in [0.15, 0.2) is 5.60 Å². The fourth-order valence-electron chi connectivity index (χ4n) is 3.59. The Balaban J connectivity index is 1.87. The summed E-state index contributed by atoms with van der Waals surface area (Å²) in [7, 11) is 0. The number of hydrogen-bond acceptors (Lipinski definition) is 3. The van der Waals surface area contributed by atoms with Crippen LogP contribution in [-0.2, 0) is 21.7 Å². The molecule has 0 amide bonds. The minimum Gasteiger partial charge on any atom is -0.453 e. The maximum absolute atomic E-state index is 11.7. The molecule has 1 aliphatic rings. The number of likely N-dealkylation sites (tertiary alicyclic amines) is 1. The molecule has 2 aromatic rings. The minimum absolute atomic E-state index is 0.220. The monoisotopic (exact) mass is 309 g/mol. The van der Waals surface area contributed by atoms with Crippen molar-refractivity contribution in [2.45, 2.75) is 26.0 Å². The van der Waals surface area contributed by atoms with Gasteiger partial charge in [0.2, 0.25) is 0 Å².